The van der Waals surface area contributed by atoms with E-state index in [-0.39, 0.29) is 0 Å². The Kier molecular flexibility index (Phi) is 4.79. The lowest BCUT2D eigenvalue weighted by Crippen LogP contribution is -2.44. The van der Waals surface area contributed by atoms with Gasteiger partial charge in [-0.05, 0) is 80.5 Å². The first-order valence-electron chi connectivity index (χ1n) is 10.8. The zero-order valence-corrected chi connectivity index (χ0v) is 15.4. The Hall–Kier alpha value is -0.370. The summed E-state index contributed by atoms with van der Waals surface area (Å²) in [5, 5.41) is 9.17. The van der Waals surface area contributed by atoms with E-state index < -0.39 is 0 Å². The van der Waals surface area contributed by atoms with Crippen LogP contribution in [0.15, 0.2) is 0 Å². The average Bonchev–Trinajstić information content (AvgIpc) is 3.29. The van der Waals surface area contributed by atoms with E-state index in [1.54, 1.807) is 0 Å². The largest absolute Gasteiger partial charge is 0.396 e. The first-order chi connectivity index (χ1) is 11.7. The highest BCUT2D eigenvalue weighted by atomic mass is 16.2. The summed E-state index contributed by atoms with van der Waals surface area (Å²) in [5.41, 5.74) is 0.936. The van der Waals surface area contributed by atoms with Crippen LogP contribution in [0, 0.1) is 28.6 Å². The lowest BCUT2D eigenvalue weighted by molar-refractivity contribution is -0.128. The summed E-state index contributed by atoms with van der Waals surface area (Å²) < 4.78 is 0. The molecule has 4 aliphatic rings. The van der Waals surface area contributed by atoms with E-state index in [1.807, 2.05) is 0 Å². The van der Waals surface area contributed by atoms with E-state index in [0.29, 0.717) is 35.1 Å². The van der Waals surface area contributed by atoms with Crippen molar-refractivity contribution in [3.8, 4) is 0 Å². The van der Waals surface area contributed by atoms with Crippen LogP contribution in [0.25, 0.3) is 0 Å². The smallest absolute Gasteiger partial charge is 0.136 e. The number of ketones is 1. The average molecular weight is 333 g/mol. The van der Waals surface area contributed by atoms with Gasteiger partial charge < -0.3 is 5.11 Å². The molecule has 0 radical (unpaired) electrons. The molecule has 0 aromatic carbocycles. The fraction of sp³-hybridized carbons (Fsp3) is 0.955. The molecule has 4 rings (SSSR count). The van der Waals surface area contributed by atoms with Crippen molar-refractivity contribution >= 4 is 5.78 Å². The third-order valence-electron chi connectivity index (χ3n) is 8.72. The molecule has 2 spiro atoms. The summed E-state index contributed by atoms with van der Waals surface area (Å²) >= 11 is 0. The van der Waals surface area contributed by atoms with Crippen molar-refractivity contribution in [3.63, 3.8) is 0 Å². The summed E-state index contributed by atoms with van der Waals surface area (Å²) in [7, 11) is 0. The van der Waals surface area contributed by atoms with E-state index in [0.717, 1.165) is 18.8 Å². The quantitative estimate of drug-likeness (QED) is 0.761. The number of fused-ring (bicyclic) bond motifs is 1. The van der Waals surface area contributed by atoms with Gasteiger partial charge in [0.15, 0.2) is 0 Å². The number of aliphatic hydroxyl groups excluding tert-OH is 1. The number of rotatable bonds is 4. The third kappa shape index (κ3) is 2.59. The maximum Gasteiger partial charge on any atom is 0.136 e. The van der Waals surface area contributed by atoms with Gasteiger partial charge in [0.2, 0.25) is 0 Å². The van der Waals surface area contributed by atoms with Gasteiger partial charge in [-0.3, -0.25) is 4.79 Å². The predicted octanol–water partition coefficient (Wildman–Crippen LogP) is 5.28. The van der Waals surface area contributed by atoms with Gasteiger partial charge in [0.1, 0.15) is 5.78 Å². The highest BCUT2D eigenvalue weighted by Crippen LogP contribution is 2.70. The molecule has 0 saturated heterocycles. The summed E-state index contributed by atoms with van der Waals surface area (Å²) in [4.78, 5) is 13.1. The number of aliphatic hydroxyl groups is 1. The van der Waals surface area contributed by atoms with Crippen LogP contribution in [-0.4, -0.2) is 17.5 Å². The Morgan fingerprint density at radius 2 is 1.75 bits per heavy atom. The topological polar surface area (TPSA) is 37.3 Å². The molecular formula is C22H36O2. The molecular weight excluding hydrogens is 296 g/mol. The lowest BCUT2D eigenvalue weighted by Gasteiger charge is -2.49. The Bertz CT molecular complexity index is 459. The molecule has 2 unspecified atom stereocenters. The first-order valence-corrected chi connectivity index (χ1v) is 10.8. The highest BCUT2D eigenvalue weighted by molar-refractivity contribution is 5.85. The number of carbonyl (C=O) groups excluding carboxylic acids is 1. The lowest BCUT2D eigenvalue weighted by atomic mass is 9.55. The molecule has 4 aliphatic carbocycles. The van der Waals surface area contributed by atoms with Crippen LogP contribution in [-0.2, 0) is 4.79 Å². The number of hydrogen-bond acceptors (Lipinski definition) is 2. The molecule has 4 atom stereocenters. The van der Waals surface area contributed by atoms with Crippen LogP contribution in [0.1, 0.15) is 96.3 Å². The monoisotopic (exact) mass is 332 g/mol. The van der Waals surface area contributed by atoms with Crippen LogP contribution in [0.2, 0.25) is 0 Å². The second-order valence-corrected chi connectivity index (χ2v) is 9.60. The minimum absolute atomic E-state index is 0.330. The second kappa shape index (κ2) is 6.74. The standard InChI is InChI=1S/C22H36O2/c23-15-4-7-17-6-3-8-18(16-17)20-19(24)9-14-22(20)13-5-12-21(22)10-1-2-11-21/h17-18,20,23H,1-16H2/t17?,18?,20-,22-/m0/s1. The van der Waals surface area contributed by atoms with E-state index in [2.05, 4.69) is 0 Å². The maximum atomic E-state index is 13.1. The van der Waals surface area contributed by atoms with Crippen LogP contribution in [0.3, 0.4) is 0 Å². The van der Waals surface area contributed by atoms with E-state index in [4.69, 9.17) is 5.11 Å². The molecule has 1 N–H and O–H groups in total. The van der Waals surface area contributed by atoms with Crippen molar-refractivity contribution in [2.24, 2.45) is 28.6 Å². The molecule has 0 bridgehead atoms. The SMILES string of the molecule is O=C1CC[C@@]2(CCCC23CCCC3)[C@H]1C1CCCC(CCCO)C1. The number of carbonyl (C=O) groups is 1. The normalized spacial score (nSPS) is 41.7. The molecule has 0 heterocycles. The van der Waals surface area contributed by atoms with Crippen molar-refractivity contribution in [2.45, 2.75) is 96.3 Å². The Morgan fingerprint density at radius 1 is 0.958 bits per heavy atom. The molecule has 4 saturated carbocycles. The molecule has 0 aliphatic heterocycles. The fourth-order valence-corrected chi connectivity index (χ4v) is 7.89. The first kappa shape index (κ1) is 17.1. The minimum Gasteiger partial charge on any atom is -0.396 e. The van der Waals surface area contributed by atoms with Crippen LogP contribution in [0.4, 0.5) is 0 Å². The molecule has 136 valence electrons. The summed E-state index contributed by atoms with van der Waals surface area (Å²) in [6.07, 6.45) is 19.2. The zero-order valence-electron chi connectivity index (χ0n) is 15.4. The summed E-state index contributed by atoms with van der Waals surface area (Å²) in [5.74, 6) is 2.46. The van der Waals surface area contributed by atoms with E-state index in [9.17, 15) is 4.79 Å². The zero-order chi connectivity index (χ0) is 16.6. The highest BCUT2D eigenvalue weighted by Gasteiger charge is 2.64. The molecule has 0 aromatic rings. The van der Waals surface area contributed by atoms with Gasteiger partial charge in [0.05, 0.1) is 0 Å². The van der Waals surface area contributed by atoms with Crippen molar-refractivity contribution in [3.05, 3.63) is 0 Å². The van der Waals surface area contributed by atoms with Crippen molar-refractivity contribution in [1.82, 2.24) is 0 Å². The minimum atomic E-state index is 0.330. The van der Waals surface area contributed by atoms with Crippen molar-refractivity contribution in [2.75, 3.05) is 6.61 Å². The molecule has 2 nitrogen and oxygen atoms in total. The summed E-state index contributed by atoms with van der Waals surface area (Å²) in [6.45, 7) is 0.330. The Balaban J connectivity index is 1.57. The van der Waals surface area contributed by atoms with Gasteiger partial charge in [0.25, 0.3) is 0 Å². The van der Waals surface area contributed by atoms with Gasteiger partial charge in [-0.2, -0.15) is 0 Å². The Morgan fingerprint density at radius 3 is 2.54 bits per heavy atom. The van der Waals surface area contributed by atoms with Gasteiger partial charge in [-0.1, -0.05) is 32.1 Å². The third-order valence-corrected chi connectivity index (χ3v) is 8.72. The maximum absolute atomic E-state index is 13.1. The Labute approximate surface area is 147 Å². The van der Waals surface area contributed by atoms with Gasteiger partial charge in [-0.25, -0.2) is 0 Å². The number of Topliss-reactive ketones (excluding diaryl/α,β-unsaturated/α-hetero) is 1. The van der Waals surface area contributed by atoms with Crippen molar-refractivity contribution in [1.29, 1.82) is 0 Å². The number of hydrogen-bond donors (Lipinski definition) is 1. The van der Waals surface area contributed by atoms with Crippen molar-refractivity contribution < 1.29 is 9.90 Å². The molecule has 4 fully saturated rings. The van der Waals surface area contributed by atoms with E-state index in [1.165, 1.54) is 83.5 Å². The molecule has 2 heteroatoms. The van der Waals surface area contributed by atoms with Gasteiger partial charge >= 0.3 is 0 Å². The van der Waals surface area contributed by atoms with Crippen LogP contribution >= 0.6 is 0 Å². The van der Waals surface area contributed by atoms with Crippen LogP contribution in [0.5, 0.6) is 0 Å². The van der Waals surface area contributed by atoms with Gasteiger partial charge in [-0.15, -0.1) is 0 Å². The predicted molar refractivity (Wildman–Crippen MR) is 96.7 cm³/mol. The van der Waals surface area contributed by atoms with E-state index >= 15 is 0 Å². The van der Waals surface area contributed by atoms with Gasteiger partial charge in [0, 0.05) is 18.9 Å². The fourth-order valence-electron chi connectivity index (χ4n) is 7.89. The molecule has 0 amide bonds. The second-order valence-electron chi connectivity index (χ2n) is 9.60. The molecule has 24 heavy (non-hydrogen) atoms. The molecule has 0 aromatic heterocycles. The van der Waals surface area contributed by atoms with Crippen LogP contribution < -0.4 is 0 Å². The summed E-state index contributed by atoms with van der Waals surface area (Å²) in [6, 6.07) is 0.